The first-order chi connectivity index (χ1) is 18.0. The number of aromatic nitrogens is 2. The third-order valence-electron chi connectivity index (χ3n) is 6.40. The molecule has 1 saturated heterocycles. The molecule has 188 valence electrons. The van der Waals surface area contributed by atoms with E-state index in [1.54, 1.807) is 12.1 Å². The average molecular weight is 498 g/mol. The van der Waals surface area contributed by atoms with Crippen LogP contribution in [0.4, 0.5) is 17.2 Å². The van der Waals surface area contributed by atoms with Crippen LogP contribution in [0.5, 0.6) is 0 Å². The molecule has 2 heterocycles. The number of aromatic carboxylic acids is 1. The Balaban J connectivity index is 1.29. The highest BCUT2D eigenvalue weighted by atomic mass is 16.5. The molecule has 5 rings (SSSR count). The molecule has 1 aromatic heterocycles. The number of anilines is 3. The number of fused-ring (bicyclic) bond motifs is 1. The van der Waals surface area contributed by atoms with Gasteiger partial charge < -0.3 is 25.4 Å². The smallest absolute Gasteiger partial charge is 0.337 e. The normalized spacial score (nSPS) is 14.2. The Hall–Kier alpha value is -4.50. The fourth-order valence-corrected chi connectivity index (χ4v) is 4.40. The molecule has 0 aliphatic carbocycles. The molecule has 0 spiro atoms. The van der Waals surface area contributed by atoms with Crippen LogP contribution in [0.3, 0.4) is 0 Å². The number of carbonyl (C=O) groups is 2. The first-order valence-electron chi connectivity index (χ1n) is 12.1. The highest BCUT2D eigenvalue weighted by Crippen LogP contribution is 2.27. The monoisotopic (exact) mass is 497 g/mol. The molecule has 3 N–H and O–H groups in total. The van der Waals surface area contributed by atoms with Crippen LogP contribution >= 0.6 is 0 Å². The molecule has 3 aromatic carbocycles. The van der Waals surface area contributed by atoms with E-state index in [0.29, 0.717) is 41.2 Å². The summed E-state index contributed by atoms with van der Waals surface area (Å²) in [6.07, 6.45) is 1.35. The van der Waals surface area contributed by atoms with Crippen molar-refractivity contribution in [3.05, 3.63) is 89.7 Å². The van der Waals surface area contributed by atoms with Gasteiger partial charge >= 0.3 is 5.97 Å². The Labute approximate surface area is 214 Å². The summed E-state index contributed by atoms with van der Waals surface area (Å²) in [5.74, 6) is -0.688. The number of nitrogens with zero attached hydrogens (tertiary/aromatic N) is 3. The summed E-state index contributed by atoms with van der Waals surface area (Å²) in [6.45, 7) is 5.08. The summed E-state index contributed by atoms with van der Waals surface area (Å²) in [5.41, 5.74) is 3.76. The van der Waals surface area contributed by atoms with Crippen molar-refractivity contribution < 1.29 is 19.4 Å². The van der Waals surface area contributed by atoms with E-state index in [2.05, 4.69) is 25.5 Å². The first-order valence-corrected chi connectivity index (χ1v) is 12.1. The van der Waals surface area contributed by atoms with Gasteiger partial charge in [-0.25, -0.2) is 14.8 Å². The van der Waals surface area contributed by atoms with Crippen LogP contribution in [0.2, 0.25) is 0 Å². The van der Waals surface area contributed by atoms with Gasteiger partial charge in [0.2, 0.25) is 0 Å². The quantitative estimate of drug-likeness (QED) is 0.340. The number of benzene rings is 3. The summed E-state index contributed by atoms with van der Waals surface area (Å²) in [7, 11) is 0. The first kappa shape index (κ1) is 24.2. The summed E-state index contributed by atoms with van der Waals surface area (Å²) < 4.78 is 5.40. The zero-order valence-corrected chi connectivity index (χ0v) is 20.3. The average Bonchev–Trinajstić information content (AvgIpc) is 2.93. The molecule has 9 heteroatoms. The van der Waals surface area contributed by atoms with Gasteiger partial charge in [0.25, 0.3) is 5.91 Å². The maximum atomic E-state index is 12.9. The van der Waals surface area contributed by atoms with E-state index < -0.39 is 5.97 Å². The van der Waals surface area contributed by atoms with Gasteiger partial charge in [0.05, 0.1) is 30.3 Å². The van der Waals surface area contributed by atoms with Gasteiger partial charge in [-0.15, -0.1) is 0 Å². The van der Waals surface area contributed by atoms with E-state index in [4.69, 9.17) is 4.74 Å². The van der Waals surface area contributed by atoms with Crippen molar-refractivity contribution in [1.29, 1.82) is 0 Å². The number of nitrogens with one attached hydrogen (secondary N) is 2. The van der Waals surface area contributed by atoms with E-state index >= 15 is 0 Å². The molecule has 1 unspecified atom stereocenters. The second-order valence-corrected chi connectivity index (χ2v) is 8.82. The van der Waals surface area contributed by atoms with Crippen molar-refractivity contribution in [2.45, 2.75) is 13.0 Å². The number of hydrogen-bond donors (Lipinski definition) is 3. The molecule has 1 aliphatic rings. The Morgan fingerprint density at radius 2 is 1.76 bits per heavy atom. The molecule has 1 aliphatic heterocycles. The predicted molar refractivity (Wildman–Crippen MR) is 142 cm³/mol. The van der Waals surface area contributed by atoms with Crippen molar-refractivity contribution in [3.63, 3.8) is 0 Å². The zero-order valence-electron chi connectivity index (χ0n) is 20.3. The molecule has 4 aromatic rings. The number of amides is 1. The van der Waals surface area contributed by atoms with E-state index in [0.717, 1.165) is 24.3 Å². The van der Waals surface area contributed by atoms with Crippen molar-refractivity contribution >= 4 is 40.0 Å². The molecule has 9 nitrogen and oxygen atoms in total. The van der Waals surface area contributed by atoms with Crippen molar-refractivity contribution in [1.82, 2.24) is 9.97 Å². The molecular formula is C28H27N5O4. The Kier molecular flexibility index (Phi) is 6.96. The van der Waals surface area contributed by atoms with Crippen LogP contribution in [0.1, 0.15) is 39.2 Å². The van der Waals surface area contributed by atoms with Crippen LogP contribution in [-0.4, -0.2) is 53.3 Å². The maximum absolute atomic E-state index is 12.9. The number of carboxylic acid groups (broad SMARTS) is 1. The minimum Gasteiger partial charge on any atom is -0.478 e. The minimum atomic E-state index is -1.04. The lowest BCUT2D eigenvalue weighted by Crippen LogP contribution is -2.36. The van der Waals surface area contributed by atoms with E-state index in [9.17, 15) is 14.7 Å². The van der Waals surface area contributed by atoms with Crippen LogP contribution in [0.15, 0.2) is 73.1 Å². The summed E-state index contributed by atoms with van der Waals surface area (Å²) in [6, 6.07) is 20.0. The topological polar surface area (TPSA) is 117 Å². The zero-order chi connectivity index (χ0) is 25.8. The number of carboxylic acids is 1. The fourth-order valence-electron chi connectivity index (χ4n) is 4.40. The number of ether oxygens (including phenoxy) is 1. The van der Waals surface area contributed by atoms with Crippen LogP contribution in [0.25, 0.3) is 10.9 Å². The Morgan fingerprint density at radius 1 is 1.00 bits per heavy atom. The number of hydrogen-bond acceptors (Lipinski definition) is 7. The fraction of sp³-hybridized carbons (Fsp3) is 0.214. The lowest BCUT2D eigenvalue weighted by atomic mass is 10.1. The van der Waals surface area contributed by atoms with Crippen LogP contribution < -0.4 is 15.5 Å². The maximum Gasteiger partial charge on any atom is 0.337 e. The third kappa shape index (κ3) is 5.36. The molecule has 0 saturated carbocycles. The predicted octanol–water partition coefficient (Wildman–Crippen LogP) is 4.59. The molecule has 1 fully saturated rings. The number of carbonyl (C=O) groups excluding carboxylic acids is 1. The summed E-state index contributed by atoms with van der Waals surface area (Å²) in [4.78, 5) is 35.2. The van der Waals surface area contributed by atoms with Gasteiger partial charge in [-0.1, -0.05) is 18.2 Å². The number of para-hydroxylation sites is 1. The Morgan fingerprint density at radius 3 is 2.51 bits per heavy atom. The molecule has 0 radical (unpaired) electrons. The van der Waals surface area contributed by atoms with Gasteiger partial charge in [0, 0.05) is 35.4 Å². The largest absolute Gasteiger partial charge is 0.478 e. The van der Waals surface area contributed by atoms with E-state index in [1.807, 2.05) is 55.5 Å². The van der Waals surface area contributed by atoms with Gasteiger partial charge in [0.1, 0.15) is 12.1 Å². The second kappa shape index (κ2) is 10.6. The van der Waals surface area contributed by atoms with E-state index in [-0.39, 0.29) is 17.5 Å². The Bertz CT molecular complexity index is 1430. The standard InChI is InChI=1S/C28H27N5O4/c1-18(31-26-23-6-3-7-24(28(35)36)25(23)29-17-30-26)20-4-2-5-21(16-20)32-27(34)19-8-10-22(11-9-19)33-12-14-37-15-13-33/h2-11,16-18H,12-15H2,1H3,(H,32,34)(H,35,36)(H,29,30,31). The lowest BCUT2D eigenvalue weighted by Gasteiger charge is -2.28. The number of morpholine rings is 1. The second-order valence-electron chi connectivity index (χ2n) is 8.82. The molecule has 1 amide bonds. The highest BCUT2D eigenvalue weighted by Gasteiger charge is 2.16. The van der Waals surface area contributed by atoms with Crippen LogP contribution in [0, 0.1) is 0 Å². The molecule has 1 atom stereocenters. The van der Waals surface area contributed by atoms with Crippen molar-refractivity contribution in [3.8, 4) is 0 Å². The molecule has 37 heavy (non-hydrogen) atoms. The molecular weight excluding hydrogens is 470 g/mol. The summed E-state index contributed by atoms with van der Waals surface area (Å²) in [5, 5.41) is 16.4. The van der Waals surface area contributed by atoms with Gasteiger partial charge in [-0.3, -0.25) is 4.79 Å². The SMILES string of the molecule is CC(Nc1ncnc2c(C(=O)O)cccc12)c1cccc(NC(=O)c2ccc(N3CCOCC3)cc2)c1. The van der Waals surface area contributed by atoms with Crippen molar-refractivity contribution in [2.75, 3.05) is 41.8 Å². The summed E-state index contributed by atoms with van der Waals surface area (Å²) >= 11 is 0. The van der Waals surface area contributed by atoms with E-state index in [1.165, 1.54) is 12.4 Å². The van der Waals surface area contributed by atoms with Gasteiger partial charge in [-0.2, -0.15) is 0 Å². The van der Waals surface area contributed by atoms with Crippen molar-refractivity contribution in [2.24, 2.45) is 0 Å². The highest BCUT2D eigenvalue weighted by molar-refractivity contribution is 6.05. The lowest BCUT2D eigenvalue weighted by molar-refractivity contribution is 0.0698. The van der Waals surface area contributed by atoms with Gasteiger partial charge in [0.15, 0.2) is 0 Å². The number of rotatable bonds is 7. The minimum absolute atomic E-state index is 0.123. The van der Waals surface area contributed by atoms with Crippen LogP contribution in [-0.2, 0) is 4.74 Å². The third-order valence-corrected chi connectivity index (χ3v) is 6.40. The van der Waals surface area contributed by atoms with Gasteiger partial charge in [-0.05, 0) is 61.0 Å². The molecule has 0 bridgehead atoms.